The third-order valence-corrected chi connectivity index (χ3v) is 4.01. The van der Waals surface area contributed by atoms with Crippen LogP contribution in [0.1, 0.15) is 10.6 Å². The van der Waals surface area contributed by atoms with Gasteiger partial charge in [0.25, 0.3) is 0 Å². The fourth-order valence-corrected chi connectivity index (χ4v) is 3.10. The predicted molar refractivity (Wildman–Crippen MR) is 75.3 cm³/mol. The SMILES string of the molecule is Cc1ncsc1CN(C)c1c(N)cncc1Br. The van der Waals surface area contributed by atoms with Crippen LogP contribution in [0.5, 0.6) is 0 Å². The van der Waals surface area contributed by atoms with Gasteiger partial charge in [0.2, 0.25) is 0 Å². The van der Waals surface area contributed by atoms with Crippen molar-refractivity contribution in [2.75, 3.05) is 17.7 Å². The molecule has 0 saturated carbocycles. The third kappa shape index (κ3) is 2.58. The maximum atomic E-state index is 5.94. The zero-order chi connectivity index (χ0) is 12.4. The van der Waals surface area contributed by atoms with Crippen LogP contribution in [0.25, 0.3) is 0 Å². The van der Waals surface area contributed by atoms with Gasteiger partial charge in [-0.15, -0.1) is 11.3 Å². The predicted octanol–water partition coefficient (Wildman–Crippen LogP) is 2.83. The molecular weight excluding hydrogens is 300 g/mol. The minimum atomic E-state index is 0.670. The molecule has 6 heteroatoms. The molecule has 0 atom stereocenters. The molecule has 0 aliphatic rings. The second-order valence-corrected chi connectivity index (χ2v) is 5.57. The average molecular weight is 313 g/mol. The van der Waals surface area contributed by atoms with Gasteiger partial charge in [0.1, 0.15) is 0 Å². The van der Waals surface area contributed by atoms with Crippen LogP contribution in [0.2, 0.25) is 0 Å². The topological polar surface area (TPSA) is 55.0 Å². The lowest BCUT2D eigenvalue weighted by atomic mass is 10.3. The molecule has 0 spiro atoms. The van der Waals surface area contributed by atoms with Gasteiger partial charge in [-0.25, -0.2) is 4.98 Å². The number of aryl methyl sites for hydroxylation is 1. The molecule has 0 aliphatic carbocycles. The zero-order valence-electron chi connectivity index (χ0n) is 9.64. The lowest BCUT2D eigenvalue weighted by molar-refractivity contribution is 0.922. The Bertz CT molecular complexity index is 506. The number of nitrogen functional groups attached to an aromatic ring is 1. The molecule has 2 aromatic heterocycles. The highest BCUT2D eigenvalue weighted by Gasteiger charge is 2.12. The lowest BCUT2D eigenvalue weighted by Crippen LogP contribution is -2.18. The van der Waals surface area contributed by atoms with Crippen molar-refractivity contribution in [3.63, 3.8) is 0 Å². The van der Waals surface area contributed by atoms with Crippen molar-refractivity contribution in [1.82, 2.24) is 9.97 Å². The Balaban J connectivity index is 2.26. The Kier molecular flexibility index (Phi) is 3.63. The maximum Gasteiger partial charge on any atom is 0.0798 e. The number of hydrogen-bond donors (Lipinski definition) is 1. The molecular formula is C11H13BrN4S. The maximum absolute atomic E-state index is 5.94. The number of halogens is 1. The van der Waals surface area contributed by atoms with Crippen molar-refractivity contribution >= 4 is 38.6 Å². The summed E-state index contributed by atoms with van der Waals surface area (Å²) in [6.07, 6.45) is 3.41. The Labute approximate surface area is 113 Å². The van der Waals surface area contributed by atoms with Crippen molar-refractivity contribution in [1.29, 1.82) is 0 Å². The van der Waals surface area contributed by atoms with Gasteiger partial charge in [-0.2, -0.15) is 0 Å². The van der Waals surface area contributed by atoms with Crippen LogP contribution >= 0.6 is 27.3 Å². The summed E-state index contributed by atoms with van der Waals surface area (Å²) in [5.41, 5.74) is 10.5. The first-order chi connectivity index (χ1) is 8.09. The van der Waals surface area contributed by atoms with E-state index in [-0.39, 0.29) is 0 Å². The minimum absolute atomic E-state index is 0.670. The first-order valence-corrected chi connectivity index (χ1v) is 6.76. The van der Waals surface area contributed by atoms with E-state index in [0.717, 1.165) is 22.4 Å². The third-order valence-electron chi connectivity index (χ3n) is 2.51. The van der Waals surface area contributed by atoms with E-state index >= 15 is 0 Å². The van der Waals surface area contributed by atoms with E-state index in [1.165, 1.54) is 4.88 Å². The van der Waals surface area contributed by atoms with Gasteiger partial charge in [-0.05, 0) is 22.9 Å². The van der Waals surface area contributed by atoms with Crippen molar-refractivity contribution < 1.29 is 0 Å². The van der Waals surface area contributed by atoms with Crippen LogP contribution in [-0.2, 0) is 6.54 Å². The second kappa shape index (κ2) is 5.01. The second-order valence-electron chi connectivity index (χ2n) is 3.78. The average Bonchev–Trinajstić information content (AvgIpc) is 2.64. The number of nitrogens with two attached hydrogens (primary N) is 1. The first kappa shape index (κ1) is 12.3. The van der Waals surface area contributed by atoms with Gasteiger partial charge in [0.05, 0.1) is 39.8 Å². The number of pyridine rings is 1. The molecule has 0 aromatic carbocycles. The molecule has 0 aliphatic heterocycles. The van der Waals surface area contributed by atoms with Crippen LogP contribution in [-0.4, -0.2) is 17.0 Å². The monoisotopic (exact) mass is 312 g/mol. The molecule has 0 amide bonds. The number of rotatable bonds is 3. The van der Waals surface area contributed by atoms with E-state index in [2.05, 4.69) is 30.8 Å². The summed E-state index contributed by atoms with van der Waals surface area (Å²) in [5, 5.41) is 0. The van der Waals surface area contributed by atoms with Crippen LogP contribution in [0, 0.1) is 6.92 Å². The van der Waals surface area contributed by atoms with Gasteiger partial charge >= 0.3 is 0 Å². The molecule has 2 aromatic rings. The molecule has 4 nitrogen and oxygen atoms in total. The van der Waals surface area contributed by atoms with Gasteiger partial charge in [-0.1, -0.05) is 0 Å². The van der Waals surface area contributed by atoms with Crippen LogP contribution in [0.15, 0.2) is 22.4 Å². The zero-order valence-corrected chi connectivity index (χ0v) is 12.0. The van der Waals surface area contributed by atoms with Crippen LogP contribution in [0.4, 0.5) is 11.4 Å². The number of nitrogens with zero attached hydrogens (tertiary/aromatic N) is 3. The van der Waals surface area contributed by atoms with E-state index in [0.29, 0.717) is 5.69 Å². The number of hydrogen-bond acceptors (Lipinski definition) is 5. The van der Waals surface area contributed by atoms with Gasteiger partial charge in [0, 0.05) is 18.1 Å². The summed E-state index contributed by atoms with van der Waals surface area (Å²) in [7, 11) is 2.01. The molecule has 17 heavy (non-hydrogen) atoms. The van der Waals surface area contributed by atoms with Crippen LogP contribution in [0.3, 0.4) is 0 Å². The van der Waals surface area contributed by atoms with Crippen LogP contribution < -0.4 is 10.6 Å². The summed E-state index contributed by atoms with van der Waals surface area (Å²) < 4.78 is 0.905. The van der Waals surface area contributed by atoms with Crippen molar-refractivity contribution in [2.45, 2.75) is 13.5 Å². The van der Waals surface area contributed by atoms with Crippen molar-refractivity contribution in [3.8, 4) is 0 Å². The summed E-state index contributed by atoms with van der Waals surface area (Å²) in [6.45, 7) is 2.81. The van der Waals surface area contributed by atoms with E-state index in [1.807, 2.05) is 19.5 Å². The highest BCUT2D eigenvalue weighted by atomic mass is 79.9. The Morgan fingerprint density at radius 2 is 2.24 bits per heavy atom. The molecule has 90 valence electrons. The fraction of sp³-hybridized carbons (Fsp3) is 0.273. The molecule has 0 unspecified atom stereocenters. The summed E-state index contributed by atoms with van der Waals surface area (Å²) in [5.74, 6) is 0. The Morgan fingerprint density at radius 3 is 2.82 bits per heavy atom. The largest absolute Gasteiger partial charge is 0.396 e. The van der Waals surface area contributed by atoms with E-state index < -0.39 is 0 Å². The lowest BCUT2D eigenvalue weighted by Gasteiger charge is -2.21. The molecule has 0 saturated heterocycles. The Hall–Kier alpha value is -1.14. The molecule has 0 radical (unpaired) electrons. The summed E-state index contributed by atoms with van der Waals surface area (Å²) >= 11 is 5.13. The number of anilines is 2. The fourth-order valence-electron chi connectivity index (χ4n) is 1.62. The number of thiazole rings is 1. The standard InChI is InChI=1S/C11H13BrN4S/c1-7-10(17-6-15-7)5-16(2)11-8(12)3-14-4-9(11)13/h3-4,6H,5,13H2,1-2H3. The minimum Gasteiger partial charge on any atom is -0.396 e. The normalized spacial score (nSPS) is 10.5. The summed E-state index contributed by atoms with van der Waals surface area (Å²) in [4.78, 5) is 11.6. The highest BCUT2D eigenvalue weighted by molar-refractivity contribution is 9.10. The molecule has 2 N–H and O–H groups in total. The highest BCUT2D eigenvalue weighted by Crippen LogP contribution is 2.31. The van der Waals surface area contributed by atoms with E-state index in [1.54, 1.807) is 23.7 Å². The van der Waals surface area contributed by atoms with Gasteiger partial charge in [0.15, 0.2) is 0 Å². The van der Waals surface area contributed by atoms with E-state index in [4.69, 9.17) is 5.73 Å². The van der Waals surface area contributed by atoms with E-state index in [9.17, 15) is 0 Å². The van der Waals surface area contributed by atoms with Crippen molar-refractivity contribution in [3.05, 3.63) is 32.9 Å². The molecule has 0 fully saturated rings. The smallest absolute Gasteiger partial charge is 0.0798 e. The molecule has 2 rings (SSSR count). The molecule has 0 bridgehead atoms. The number of aromatic nitrogens is 2. The first-order valence-electron chi connectivity index (χ1n) is 5.08. The van der Waals surface area contributed by atoms with Gasteiger partial charge in [-0.3, -0.25) is 4.98 Å². The van der Waals surface area contributed by atoms with Crippen molar-refractivity contribution in [2.24, 2.45) is 0 Å². The quantitative estimate of drug-likeness (QED) is 0.947. The van der Waals surface area contributed by atoms with Gasteiger partial charge < -0.3 is 10.6 Å². The molecule has 2 heterocycles. The Morgan fingerprint density at radius 1 is 1.47 bits per heavy atom. The summed E-state index contributed by atoms with van der Waals surface area (Å²) in [6, 6.07) is 0.